The summed E-state index contributed by atoms with van der Waals surface area (Å²) in [5.74, 6) is -5.24. The lowest BCUT2D eigenvalue weighted by atomic mass is 9.54. The third-order valence-electron chi connectivity index (χ3n) is 13.7. The maximum atomic E-state index is 14.2. The van der Waals surface area contributed by atoms with Crippen LogP contribution in [0.3, 0.4) is 0 Å². The molecule has 54 heavy (non-hydrogen) atoms. The van der Waals surface area contributed by atoms with E-state index in [1.165, 1.54) is 0 Å². The Morgan fingerprint density at radius 3 is 1.74 bits per heavy atom. The zero-order valence-corrected chi connectivity index (χ0v) is 41.2. The van der Waals surface area contributed by atoms with Gasteiger partial charge in [0.1, 0.15) is 29.5 Å². The van der Waals surface area contributed by atoms with E-state index in [9.17, 15) is 15.0 Å². The van der Waals surface area contributed by atoms with Gasteiger partial charge in [-0.05, 0) is 66.7 Å². The maximum absolute atomic E-state index is 14.2. The van der Waals surface area contributed by atoms with Gasteiger partial charge in [-0.3, -0.25) is 4.79 Å². The molecular formula is C37H70Cl3NO10Si3. The number of hydrogen-bond donors (Lipinski definition) is 3. The van der Waals surface area contributed by atoms with Crippen molar-refractivity contribution in [2.24, 2.45) is 5.92 Å². The third kappa shape index (κ3) is 7.74. The number of carbonyl (C=O) groups is 1. The Hall–Kier alpha value is 0.631. The van der Waals surface area contributed by atoms with E-state index in [2.05, 4.69) is 115 Å². The lowest BCUT2D eigenvalue weighted by Gasteiger charge is -2.74. The molecule has 5 rings (SSSR count). The van der Waals surface area contributed by atoms with Crippen molar-refractivity contribution in [1.29, 1.82) is 0 Å². The van der Waals surface area contributed by atoms with Gasteiger partial charge in [-0.25, -0.2) is 0 Å². The first-order chi connectivity index (χ1) is 24.0. The lowest BCUT2D eigenvalue weighted by Crippen LogP contribution is -2.96. The number of aliphatic hydroxyl groups is 2. The SMILES string of the molecule is CC(C)[Si](OC12OC3C(O[Si](C)(C)C(C)(C)C)C(NC(=O)C(Cl)(Cl)Cl)(C(C4COC(C)(C)O4)C(O1)C3(O)CO[Si](C)(C)C(C)(C)C)[C@@H]2O)(C(C)C)C(C)C. The summed E-state index contributed by atoms with van der Waals surface area (Å²) in [6.07, 6.45) is -6.28. The Bertz CT molecular complexity index is 1380. The second-order valence-corrected chi connectivity index (χ2v) is 37.8. The van der Waals surface area contributed by atoms with Gasteiger partial charge in [0, 0.05) is 5.92 Å². The summed E-state index contributed by atoms with van der Waals surface area (Å²) in [5.41, 5.74) is -3.63. The van der Waals surface area contributed by atoms with Crippen molar-refractivity contribution < 1.29 is 47.2 Å². The van der Waals surface area contributed by atoms with Crippen LogP contribution in [0.4, 0.5) is 0 Å². The van der Waals surface area contributed by atoms with Gasteiger partial charge in [-0.2, -0.15) is 0 Å². The minimum atomic E-state index is -2.95. The summed E-state index contributed by atoms with van der Waals surface area (Å²) < 4.78 is 45.8. The zero-order chi connectivity index (χ0) is 41.8. The molecule has 316 valence electrons. The van der Waals surface area contributed by atoms with E-state index in [4.69, 9.17) is 67.0 Å². The summed E-state index contributed by atoms with van der Waals surface area (Å²) >= 11 is 19.0. The Labute approximate surface area is 342 Å². The minimum Gasteiger partial charge on any atom is -0.414 e. The number of halogens is 3. The molecule has 4 saturated heterocycles. The van der Waals surface area contributed by atoms with Gasteiger partial charge < -0.3 is 47.8 Å². The molecule has 1 amide bonds. The third-order valence-corrected chi connectivity index (χ3v) is 29.2. The molecule has 0 aromatic carbocycles. The minimum absolute atomic E-state index is 0.0415. The number of amides is 1. The quantitative estimate of drug-likeness (QED) is 0.130. The van der Waals surface area contributed by atoms with E-state index in [1.54, 1.807) is 13.8 Å². The van der Waals surface area contributed by atoms with Crippen LogP contribution in [-0.2, 0) is 37.0 Å². The normalized spacial score (nSPS) is 36.2. The predicted octanol–water partition coefficient (Wildman–Crippen LogP) is 8.14. The number of carbonyl (C=O) groups excluding carboxylic acids is 1. The number of hydrogen-bond acceptors (Lipinski definition) is 10. The molecule has 5 aliphatic rings. The van der Waals surface area contributed by atoms with Gasteiger partial charge in [0.15, 0.2) is 28.5 Å². The number of aliphatic hydroxyl groups excluding tert-OH is 1. The van der Waals surface area contributed by atoms with Crippen LogP contribution >= 0.6 is 34.8 Å². The Morgan fingerprint density at radius 2 is 1.33 bits per heavy atom. The Balaban J connectivity index is 2.12. The molecule has 4 bridgehead atoms. The fourth-order valence-corrected chi connectivity index (χ4v) is 16.7. The fraction of sp³-hybridized carbons (Fsp3) is 0.973. The van der Waals surface area contributed by atoms with Crippen molar-refractivity contribution in [3.05, 3.63) is 0 Å². The predicted molar refractivity (Wildman–Crippen MR) is 220 cm³/mol. The van der Waals surface area contributed by atoms with Crippen LogP contribution in [0.25, 0.3) is 0 Å². The van der Waals surface area contributed by atoms with Gasteiger partial charge in [-0.15, -0.1) is 0 Å². The summed E-state index contributed by atoms with van der Waals surface area (Å²) in [6, 6.07) is 0. The van der Waals surface area contributed by atoms with Crippen LogP contribution in [0.1, 0.15) is 96.9 Å². The summed E-state index contributed by atoms with van der Waals surface area (Å²) in [5, 5.41) is 29.2. The molecule has 11 nitrogen and oxygen atoms in total. The largest absolute Gasteiger partial charge is 0.414 e. The first-order valence-electron chi connectivity index (χ1n) is 19.5. The van der Waals surface area contributed by atoms with Gasteiger partial charge in [0.2, 0.25) is 8.32 Å². The molecule has 0 aromatic heterocycles. The molecule has 4 heterocycles. The fourth-order valence-electron chi connectivity index (χ4n) is 8.83. The maximum Gasteiger partial charge on any atom is 0.304 e. The summed E-state index contributed by atoms with van der Waals surface area (Å²) in [4.78, 5) is 14.2. The van der Waals surface area contributed by atoms with Crippen LogP contribution in [0.15, 0.2) is 0 Å². The van der Waals surface area contributed by atoms with E-state index < -0.39 is 94.0 Å². The van der Waals surface area contributed by atoms with Crippen LogP contribution in [-0.4, -0.2) is 111 Å². The first kappa shape index (κ1) is 47.3. The monoisotopic (exact) mass is 877 g/mol. The number of rotatable bonds is 12. The molecule has 4 aliphatic heterocycles. The molecule has 9 atom stereocenters. The Kier molecular flexibility index (Phi) is 12.9. The first-order valence-corrected chi connectivity index (χ1v) is 28.6. The molecule has 0 radical (unpaired) electrons. The van der Waals surface area contributed by atoms with Crippen LogP contribution in [0.2, 0.25) is 52.9 Å². The van der Waals surface area contributed by atoms with Gasteiger partial charge >= 0.3 is 5.97 Å². The Morgan fingerprint density at radius 1 is 0.852 bits per heavy atom. The van der Waals surface area contributed by atoms with Gasteiger partial charge in [-0.1, -0.05) is 118 Å². The molecule has 5 fully saturated rings. The van der Waals surface area contributed by atoms with E-state index in [1.807, 2.05) is 0 Å². The highest BCUT2D eigenvalue weighted by Crippen LogP contribution is 2.64. The molecule has 0 spiro atoms. The van der Waals surface area contributed by atoms with Gasteiger partial charge in [0.25, 0.3) is 9.70 Å². The molecule has 17 heteroatoms. The molecule has 0 aromatic rings. The van der Waals surface area contributed by atoms with E-state index in [0.717, 1.165) is 0 Å². The highest BCUT2D eigenvalue weighted by molar-refractivity contribution is 6.78. The van der Waals surface area contributed by atoms with E-state index >= 15 is 0 Å². The highest BCUT2D eigenvalue weighted by Gasteiger charge is 2.85. The van der Waals surface area contributed by atoms with Crippen molar-refractivity contribution in [1.82, 2.24) is 5.32 Å². The standard InChI is InChI=1S/C37H70Cl3NO10Si3/c1-21(2)54(22(3)4,23(5)6)51-37-29(42)35(41-30(43)36(38,39)40)25(24-19-45-33(13,14)47-24)26(48-37)34(44,20-46-52(15,16)31(7,8)9)27(49-37)28(35)50-53(17,18)32(10,11)12/h21-29,42,44H,19-20H2,1-18H3,(H,41,43)/t24?,25?,26?,27?,28?,29-,34?,35?,37?/m0/s1. The molecule has 1 saturated carbocycles. The van der Waals surface area contributed by atoms with Gasteiger partial charge in [0.05, 0.1) is 19.3 Å². The van der Waals surface area contributed by atoms with Crippen molar-refractivity contribution in [2.45, 2.75) is 207 Å². The second kappa shape index (κ2) is 14.7. The summed E-state index contributed by atoms with van der Waals surface area (Å²) in [6.45, 7) is 37.1. The van der Waals surface area contributed by atoms with Crippen molar-refractivity contribution in [3.8, 4) is 0 Å². The van der Waals surface area contributed by atoms with Crippen molar-refractivity contribution in [2.75, 3.05) is 13.2 Å². The van der Waals surface area contributed by atoms with E-state index in [-0.39, 0.29) is 39.9 Å². The van der Waals surface area contributed by atoms with Crippen LogP contribution < -0.4 is 5.32 Å². The van der Waals surface area contributed by atoms with Crippen LogP contribution in [0, 0.1) is 5.92 Å². The van der Waals surface area contributed by atoms with Crippen LogP contribution in [0.5, 0.6) is 0 Å². The second-order valence-electron chi connectivity index (χ2n) is 20.6. The molecular weight excluding hydrogens is 809 g/mol. The molecule has 1 aliphatic carbocycles. The van der Waals surface area contributed by atoms with E-state index in [0.29, 0.717) is 0 Å². The number of nitrogens with one attached hydrogen (secondary N) is 1. The summed E-state index contributed by atoms with van der Waals surface area (Å²) in [7, 11) is -8.30. The number of ether oxygens (including phenoxy) is 4. The average Bonchev–Trinajstić information content (AvgIpc) is 3.33. The highest BCUT2D eigenvalue weighted by atomic mass is 35.6. The van der Waals surface area contributed by atoms with Crippen molar-refractivity contribution >= 4 is 65.7 Å². The average molecular weight is 880 g/mol. The zero-order valence-electron chi connectivity index (χ0n) is 35.9. The molecule has 3 N–H and O–H groups in total. The number of alkyl halides is 3. The lowest BCUT2D eigenvalue weighted by molar-refractivity contribution is -0.541. The molecule has 8 unspecified atom stereocenters. The topological polar surface area (TPSA) is 134 Å². The van der Waals surface area contributed by atoms with Crippen molar-refractivity contribution in [3.63, 3.8) is 0 Å². The smallest absolute Gasteiger partial charge is 0.304 e.